The van der Waals surface area contributed by atoms with E-state index in [0.717, 1.165) is 49.9 Å². The summed E-state index contributed by atoms with van der Waals surface area (Å²) in [7, 11) is 3.39. The van der Waals surface area contributed by atoms with Gasteiger partial charge in [-0.25, -0.2) is 0 Å². The number of anilines is 1. The lowest BCUT2D eigenvalue weighted by molar-refractivity contribution is 0.277. The third kappa shape index (κ3) is 4.01. The van der Waals surface area contributed by atoms with Gasteiger partial charge in [-0.2, -0.15) is 0 Å². The molecule has 0 unspecified atom stereocenters. The first-order chi connectivity index (χ1) is 11.8. The van der Waals surface area contributed by atoms with E-state index >= 15 is 0 Å². The molecule has 1 radical (unpaired) electrons. The molecule has 0 amide bonds. The Morgan fingerprint density at radius 1 is 0.917 bits per heavy atom. The van der Waals surface area contributed by atoms with E-state index < -0.39 is 0 Å². The zero-order valence-corrected chi connectivity index (χ0v) is 14.4. The highest BCUT2D eigenvalue weighted by molar-refractivity contribution is 5.61. The Balaban J connectivity index is 1.55. The molecule has 3 rings (SSSR count). The van der Waals surface area contributed by atoms with Gasteiger partial charge in [0.1, 0.15) is 11.5 Å². The van der Waals surface area contributed by atoms with Crippen molar-refractivity contribution in [1.82, 2.24) is 4.90 Å². The molecular weight excluding hydrogens is 300 g/mol. The van der Waals surface area contributed by atoms with Crippen LogP contribution in [0.2, 0.25) is 0 Å². The highest BCUT2D eigenvalue weighted by Crippen LogP contribution is 2.32. The highest BCUT2D eigenvalue weighted by Gasteiger charge is 2.19. The molecule has 0 saturated carbocycles. The molecule has 1 aliphatic heterocycles. The summed E-state index contributed by atoms with van der Waals surface area (Å²) < 4.78 is 10.8. The van der Waals surface area contributed by atoms with E-state index in [9.17, 15) is 0 Å². The Bertz CT molecular complexity index is 637. The van der Waals surface area contributed by atoms with Crippen molar-refractivity contribution >= 4 is 5.69 Å². The molecule has 2 aromatic carbocycles. The summed E-state index contributed by atoms with van der Waals surface area (Å²) in [4.78, 5) is 4.87. The normalized spacial score (nSPS) is 15.3. The maximum atomic E-state index is 5.53. The van der Waals surface area contributed by atoms with Gasteiger partial charge in [-0.15, -0.1) is 0 Å². The van der Waals surface area contributed by atoms with Gasteiger partial charge in [-0.05, 0) is 17.7 Å². The smallest absolute Gasteiger partial charge is 0.145 e. The van der Waals surface area contributed by atoms with Gasteiger partial charge in [-0.3, -0.25) is 4.90 Å². The quantitative estimate of drug-likeness (QED) is 0.815. The van der Waals surface area contributed by atoms with E-state index in [1.54, 1.807) is 14.2 Å². The summed E-state index contributed by atoms with van der Waals surface area (Å²) in [5.41, 5.74) is 2.43. The maximum Gasteiger partial charge on any atom is 0.145 e. The molecular formula is C20H25N2O2. The number of benzene rings is 2. The Kier molecular flexibility index (Phi) is 5.59. The van der Waals surface area contributed by atoms with Crippen molar-refractivity contribution in [3.05, 3.63) is 60.5 Å². The van der Waals surface area contributed by atoms with Crippen molar-refractivity contribution < 1.29 is 9.47 Å². The third-order valence-corrected chi connectivity index (χ3v) is 4.48. The number of piperazine rings is 1. The number of hydrogen-bond acceptors (Lipinski definition) is 4. The van der Waals surface area contributed by atoms with E-state index in [4.69, 9.17) is 9.47 Å². The molecule has 1 heterocycles. The third-order valence-electron chi connectivity index (χ3n) is 4.48. The van der Waals surface area contributed by atoms with Gasteiger partial charge in [0, 0.05) is 45.2 Å². The molecule has 0 atom stereocenters. The number of nitrogens with zero attached hydrogens (tertiary/aromatic N) is 2. The van der Waals surface area contributed by atoms with Crippen LogP contribution in [0.15, 0.2) is 48.5 Å². The Morgan fingerprint density at radius 2 is 1.67 bits per heavy atom. The van der Waals surface area contributed by atoms with Crippen molar-refractivity contribution in [2.75, 3.05) is 51.8 Å². The summed E-state index contributed by atoms with van der Waals surface area (Å²) in [5.74, 6) is 1.70. The predicted octanol–water partition coefficient (Wildman–Crippen LogP) is 3.08. The molecule has 0 N–H and O–H groups in total. The molecule has 0 aromatic heterocycles. The Labute approximate surface area is 144 Å². The van der Waals surface area contributed by atoms with E-state index in [1.807, 2.05) is 12.1 Å². The Morgan fingerprint density at radius 3 is 2.33 bits per heavy atom. The molecule has 4 heteroatoms. The molecule has 1 fully saturated rings. The van der Waals surface area contributed by atoms with Crippen LogP contribution in [0, 0.1) is 6.42 Å². The second-order valence-corrected chi connectivity index (χ2v) is 5.94. The van der Waals surface area contributed by atoms with Crippen LogP contribution >= 0.6 is 0 Å². The number of hydrogen-bond donors (Lipinski definition) is 0. The SMILES string of the molecule is COc1ccc(N2CCN(C[CH]c3ccccc3)CC2)c(OC)c1. The Hall–Kier alpha value is -2.20. The van der Waals surface area contributed by atoms with Gasteiger partial charge >= 0.3 is 0 Å². The van der Waals surface area contributed by atoms with Crippen molar-refractivity contribution in [2.45, 2.75) is 0 Å². The summed E-state index contributed by atoms with van der Waals surface area (Å²) in [6.45, 7) is 5.12. The fraction of sp³-hybridized carbons (Fsp3) is 0.350. The first-order valence-corrected chi connectivity index (χ1v) is 8.38. The molecule has 24 heavy (non-hydrogen) atoms. The molecule has 1 aliphatic rings. The topological polar surface area (TPSA) is 24.9 Å². The molecule has 0 spiro atoms. The lowest BCUT2D eigenvalue weighted by Crippen LogP contribution is -2.46. The second-order valence-electron chi connectivity index (χ2n) is 5.94. The number of methoxy groups -OCH3 is 2. The first kappa shape index (κ1) is 16.7. The van der Waals surface area contributed by atoms with Gasteiger partial charge in [-0.1, -0.05) is 30.3 Å². The van der Waals surface area contributed by atoms with Gasteiger partial charge in [0.05, 0.1) is 19.9 Å². The van der Waals surface area contributed by atoms with Crippen molar-refractivity contribution in [3.63, 3.8) is 0 Å². The van der Waals surface area contributed by atoms with Gasteiger partial charge < -0.3 is 14.4 Å². The van der Waals surface area contributed by atoms with Crippen LogP contribution in [0.3, 0.4) is 0 Å². The average Bonchev–Trinajstić information content (AvgIpc) is 2.67. The highest BCUT2D eigenvalue weighted by atomic mass is 16.5. The fourth-order valence-electron chi connectivity index (χ4n) is 3.04. The largest absolute Gasteiger partial charge is 0.497 e. The van der Waals surface area contributed by atoms with Crippen LogP contribution in [0.5, 0.6) is 11.5 Å². The van der Waals surface area contributed by atoms with Gasteiger partial charge in [0.15, 0.2) is 0 Å². The van der Waals surface area contributed by atoms with Crippen LogP contribution in [0.4, 0.5) is 5.69 Å². The summed E-state index contributed by atoms with van der Waals surface area (Å²) in [6.07, 6.45) is 2.30. The van der Waals surface area contributed by atoms with Crippen LogP contribution in [0.1, 0.15) is 5.56 Å². The average molecular weight is 325 g/mol. The van der Waals surface area contributed by atoms with E-state index in [-0.39, 0.29) is 0 Å². The number of ether oxygens (including phenoxy) is 2. The van der Waals surface area contributed by atoms with E-state index in [1.165, 1.54) is 5.56 Å². The maximum absolute atomic E-state index is 5.53. The summed E-state index contributed by atoms with van der Waals surface area (Å²) in [5, 5.41) is 0. The minimum atomic E-state index is 0.826. The lowest BCUT2D eigenvalue weighted by atomic mass is 10.1. The van der Waals surface area contributed by atoms with E-state index in [0.29, 0.717) is 0 Å². The molecule has 0 bridgehead atoms. The monoisotopic (exact) mass is 325 g/mol. The van der Waals surface area contributed by atoms with Crippen LogP contribution in [-0.2, 0) is 0 Å². The van der Waals surface area contributed by atoms with Crippen LogP contribution in [-0.4, -0.2) is 51.8 Å². The molecule has 127 valence electrons. The lowest BCUT2D eigenvalue weighted by Gasteiger charge is -2.36. The molecule has 1 saturated heterocycles. The molecule has 4 nitrogen and oxygen atoms in total. The fourth-order valence-corrected chi connectivity index (χ4v) is 3.04. The molecule has 2 aromatic rings. The minimum absolute atomic E-state index is 0.826. The van der Waals surface area contributed by atoms with Gasteiger partial charge in [0.2, 0.25) is 0 Å². The summed E-state index contributed by atoms with van der Waals surface area (Å²) in [6, 6.07) is 16.6. The standard InChI is InChI=1S/C20H25N2O2/c1-23-18-8-9-19(20(16-18)24-2)22-14-12-21(13-15-22)11-10-17-6-4-3-5-7-17/h3-10,16H,11-15H2,1-2H3. The minimum Gasteiger partial charge on any atom is -0.497 e. The zero-order chi connectivity index (χ0) is 16.8. The van der Waals surface area contributed by atoms with Crippen LogP contribution in [0.25, 0.3) is 0 Å². The zero-order valence-electron chi connectivity index (χ0n) is 14.4. The van der Waals surface area contributed by atoms with Crippen molar-refractivity contribution in [3.8, 4) is 11.5 Å². The van der Waals surface area contributed by atoms with Crippen molar-refractivity contribution in [2.24, 2.45) is 0 Å². The van der Waals surface area contributed by atoms with Gasteiger partial charge in [0.25, 0.3) is 0 Å². The van der Waals surface area contributed by atoms with Crippen LogP contribution < -0.4 is 14.4 Å². The summed E-state index contributed by atoms with van der Waals surface area (Å²) >= 11 is 0. The van der Waals surface area contributed by atoms with E-state index in [2.05, 4.69) is 52.6 Å². The first-order valence-electron chi connectivity index (χ1n) is 8.38. The molecule has 0 aliphatic carbocycles. The predicted molar refractivity (Wildman–Crippen MR) is 98.0 cm³/mol. The second kappa shape index (κ2) is 8.06. The number of rotatable bonds is 6. The van der Waals surface area contributed by atoms with Crippen molar-refractivity contribution in [1.29, 1.82) is 0 Å².